The van der Waals surface area contributed by atoms with Crippen LogP contribution in [-0.4, -0.2) is 54.6 Å². The lowest BCUT2D eigenvalue weighted by Crippen LogP contribution is -2.30. The van der Waals surface area contributed by atoms with Crippen molar-refractivity contribution < 1.29 is 19.1 Å². The fourth-order valence-corrected chi connectivity index (χ4v) is 7.71. The summed E-state index contributed by atoms with van der Waals surface area (Å²) in [4.78, 5) is 45.9. The molecular weight excluding hydrogens is 580 g/mol. The molecule has 10 nitrogen and oxygen atoms in total. The summed E-state index contributed by atoms with van der Waals surface area (Å²) >= 11 is 0. The third kappa shape index (κ3) is 4.85. The third-order valence-electron chi connectivity index (χ3n) is 9.90. The Labute approximate surface area is 268 Å². The smallest absolute Gasteiger partial charge is 0.223 e. The molecule has 238 valence electrons. The fraction of sp³-hybridized carbons (Fsp3) is 0.444. The van der Waals surface area contributed by atoms with E-state index in [9.17, 15) is 9.59 Å². The lowest BCUT2D eigenvalue weighted by atomic mass is 9.87. The van der Waals surface area contributed by atoms with Crippen molar-refractivity contribution in [3.8, 4) is 45.1 Å². The zero-order valence-electron chi connectivity index (χ0n) is 26.5. The number of likely N-dealkylation sites (tertiary alicyclic amines) is 2. The maximum atomic E-state index is 12.7. The van der Waals surface area contributed by atoms with E-state index in [1.54, 1.807) is 0 Å². The van der Waals surface area contributed by atoms with Crippen LogP contribution in [0.3, 0.4) is 0 Å². The molecule has 0 aliphatic carbocycles. The molecule has 6 heterocycles. The Hall–Kier alpha value is -4.60. The lowest BCUT2D eigenvalue weighted by Gasteiger charge is -2.30. The maximum Gasteiger partial charge on any atom is 0.223 e. The van der Waals surface area contributed by atoms with E-state index in [0.29, 0.717) is 26.1 Å². The monoisotopic (exact) mass is 620 g/mol. The predicted molar refractivity (Wildman–Crippen MR) is 173 cm³/mol. The van der Waals surface area contributed by atoms with Crippen LogP contribution in [0.15, 0.2) is 36.7 Å². The first-order valence-electron chi connectivity index (χ1n) is 16.8. The molecule has 2 saturated heterocycles. The van der Waals surface area contributed by atoms with Crippen LogP contribution in [0.2, 0.25) is 0 Å². The Bertz CT molecular complexity index is 1640. The topological polar surface area (TPSA) is 116 Å². The molecule has 0 bridgehead atoms. The highest BCUT2D eigenvalue weighted by Gasteiger charge is 2.34. The minimum absolute atomic E-state index is 0.00130. The lowest BCUT2D eigenvalue weighted by molar-refractivity contribution is -0.133. The van der Waals surface area contributed by atoms with Gasteiger partial charge in [-0.3, -0.25) is 9.59 Å². The molecule has 2 N–H and O–H groups in total. The molecule has 10 heteroatoms. The summed E-state index contributed by atoms with van der Waals surface area (Å²) in [6.45, 7) is 6.53. The van der Waals surface area contributed by atoms with E-state index in [-0.39, 0.29) is 23.9 Å². The minimum atomic E-state index is -0.00130. The number of rotatable bonds is 8. The fourth-order valence-electron chi connectivity index (χ4n) is 7.71. The van der Waals surface area contributed by atoms with Crippen LogP contribution in [0.4, 0.5) is 0 Å². The molecule has 2 fully saturated rings. The first-order valence-corrected chi connectivity index (χ1v) is 16.8. The zero-order chi connectivity index (χ0) is 31.4. The van der Waals surface area contributed by atoms with Crippen molar-refractivity contribution >= 4 is 11.8 Å². The van der Waals surface area contributed by atoms with E-state index in [4.69, 9.17) is 19.4 Å². The van der Waals surface area contributed by atoms with Crippen molar-refractivity contribution in [3.05, 3.63) is 59.4 Å². The number of aromatic nitrogens is 4. The standard InChI is InChI=1S/C36H40N6O4/c1-3-7-31(43)41-11-5-9-27(41)35-37-17-25(39-35)21-13-23-19-46-30-16-22(14-24-20-45-29(15-21)33(23)34(24)30)26-18-38-36(40-26)28-10-6-12-42(28)32(44)8-4-2/h13-18,27-28H,3-12,19-20H2,1-2H3,(H,37,39)(H,38,40)/t27-,28?/m0/s1. The van der Waals surface area contributed by atoms with Crippen LogP contribution in [-0.2, 0) is 22.8 Å². The van der Waals surface area contributed by atoms with E-state index < -0.39 is 0 Å². The Kier molecular flexibility index (Phi) is 7.30. The number of H-pyrrole nitrogens is 2. The third-order valence-corrected chi connectivity index (χ3v) is 9.90. The summed E-state index contributed by atoms with van der Waals surface area (Å²) in [5.41, 5.74) is 8.13. The SMILES string of the molecule is CCCC(=O)N1CCCC1c1ncc(-c2cc3c4c(c2)OCc2cc(-c5cnc([C@@H]6CCCN6C(=O)CCC)[nH]5)cc(c2-4)OC3)[nH]1. The summed E-state index contributed by atoms with van der Waals surface area (Å²) in [5, 5.41) is 0. The van der Waals surface area contributed by atoms with Gasteiger partial charge in [-0.25, -0.2) is 9.97 Å². The van der Waals surface area contributed by atoms with Crippen molar-refractivity contribution in [2.45, 2.75) is 90.5 Å². The molecule has 4 aromatic rings. The van der Waals surface area contributed by atoms with Gasteiger partial charge >= 0.3 is 0 Å². The van der Waals surface area contributed by atoms with E-state index in [1.165, 1.54) is 0 Å². The van der Waals surface area contributed by atoms with Gasteiger partial charge < -0.3 is 29.2 Å². The van der Waals surface area contributed by atoms with Gasteiger partial charge in [0.2, 0.25) is 11.8 Å². The second kappa shape index (κ2) is 11.6. The number of carbonyl (C=O) groups is 2. The van der Waals surface area contributed by atoms with Gasteiger partial charge in [-0.05, 0) is 62.8 Å². The molecule has 8 rings (SSSR count). The maximum absolute atomic E-state index is 12.7. The average molecular weight is 621 g/mol. The molecule has 2 aromatic heterocycles. The molecule has 0 spiro atoms. The normalized spacial score (nSPS) is 19.6. The molecule has 2 amide bonds. The van der Waals surface area contributed by atoms with Crippen LogP contribution >= 0.6 is 0 Å². The molecule has 4 aliphatic heterocycles. The number of aromatic amines is 2. The van der Waals surface area contributed by atoms with Crippen LogP contribution in [0.5, 0.6) is 11.5 Å². The first-order chi connectivity index (χ1) is 22.5. The molecule has 4 aliphatic rings. The summed E-state index contributed by atoms with van der Waals surface area (Å²) in [5.74, 6) is 3.78. The molecule has 0 radical (unpaired) electrons. The second-order valence-corrected chi connectivity index (χ2v) is 12.9. The van der Waals surface area contributed by atoms with Gasteiger partial charge in [-0.1, -0.05) is 13.8 Å². The first kappa shape index (κ1) is 28.8. The summed E-state index contributed by atoms with van der Waals surface area (Å²) in [6.07, 6.45) is 10.4. The summed E-state index contributed by atoms with van der Waals surface area (Å²) in [6, 6.07) is 8.50. The quantitative estimate of drug-likeness (QED) is 0.223. The van der Waals surface area contributed by atoms with E-state index in [2.05, 4.69) is 34.2 Å². The van der Waals surface area contributed by atoms with Crippen molar-refractivity contribution in [1.29, 1.82) is 0 Å². The Morgan fingerprint density at radius 2 is 1.20 bits per heavy atom. The minimum Gasteiger partial charge on any atom is -0.488 e. The number of nitrogens with one attached hydrogen (secondary N) is 2. The molecular formula is C36H40N6O4. The molecule has 2 aromatic carbocycles. The van der Waals surface area contributed by atoms with Crippen LogP contribution < -0.4 is 9.47 Å². The number of nitrogens with zero attached hydrogens (tertiary/aromatic N) is 4. The second-order valence-electron chi connectivity index (χ2n) is 12.9. The largest absolute Gasteiger partial charge is 0.488 e. The van der Waals surface area contributed by atoms with Crippen LogP contribution in [0.1, 0.15) is 100 Å². The van der Waals surface area contributed by atoms with E-state index in [0.717, 1.165) is 120 Å². The number of hydrogen-bond donors (Lipinski definition) is 2. The van der Waals surface area contributed by atoms with E-state index >= 15 is 0 Å². The van der Waals surface area contributed by atoms with Crippen molar-refractivity contribution in [2.75, 3.05) is 13.1 Å². The van der Waals surface area contributed by atoms with E-state index in [1.807, 2.05) is 36.0 Å². The zero-order valence-corrected chi connectivity index (χ0v) is 26.5. The number of benzene rings is 2. The Morgan fingerprint density at radius 1 is 0.739 bits per heavy atom. The van der Waals surface area contributed by atoms with Crippen LogP contribution in [0.25, 0.3) is 33.6 Å². The van der Waals surface area contributed by atoms with Gasteiger partial charge in [0.1, 0.15) is 36.4 Å². The molecule has 46 heavy (non-hydrogen) atoms. The van der Waals surface area contributed by atoms with Gasteiger partial charge in [0.05, 0.1) is 35.9 Å². The molecule has 0 saturated carbocycles. The van der Waals surface area contributed by atoms with Crippen LogP contribution in [0, 0.1) is 0 Å². The van der Waals surface area contributed by atoms with Crippen molar-refractivity contribution in [2.24, 2.45) is 0 Å². The van der Waals surface area contributed by atoms with Gasteiger partial charge in [-0.15, -0.1) is 0 Å². The Morgan fingerprint density at radius 3 is 1.63 bits per heavy atom. The number of carbonyl (C=O) groups excluding carboxylic acids is 2. The van der Waals surface area contributed by atoms with Gasteiger partial charge in [0.25, 0.3) is 0 Å². The van der Waals surface area contributed by atoms with Crippen molar-refractivity contribution in [1.82, 2.24) is 29.7 Å². The number of amides is 2. The number of ether oxygens (including phenoxy) is 2. The summed E-state index contributed by atoms with van der Waals surface area (Å²) < 4.78 is 12.8. The number of imidazole rings is 2. The van der Waals surface area contributed by atoms with Gasteiger partial charge in [-0.2, -0.15) is 0 Å². The highest BCUT2D eigenvalue weighted by atomic mass is 16.5. The summed E-state index contributed by atoms with van der Waals surface area (Å²) in [7, 11) is 0. The van der Waals surface area contributed by atoms with Gasteiger partial charge in [0, 0.05) is 59.3 Å². The highest BCUT2D eigenvalue weighted by molar-refractivity contribution is 5.88. The highest BCUT2D eigenvalue weighted by Crippen LogP contribution is 2.51. The molecule has 1 unspecified atom stereocenters. The van der Waals surface area contributed by atoms with Gasteiger partial charge in [0.15, 0.2) is 0 Å². The number of hydrogen-bond acceptors (Lipinski definition) is 6. The average Bonchev–Trinajstić information content (AvgIpc) is 3.89. The molecule has 2 atom stereocenters. The Balaban J connectivity index is 1.07. The predicted octanol–water partition coefficient (Wildman–Crippen LogP) is 6.85. The van der Waals surface area contributed by atoms with Crippen molar-refractivity contribution in [3.63, 3.8) is 0 Å².